The molecule has 13 heavy (non-hydrogen) atoms. The summed E-state index contributed by atoms with van der Waals surface area (Å²) in [5, 5.41) is 0. The second-order valence-corrected chi connectivity index (χ2v) is 4.69. The van der Waals surface area contributed by atoms with E-state index in [1.807, 2.05) is 12.3 Å². The van der Waals surface area contributed by atoms with Gasteiger partial charge in [-0.2, -0.15) is 0 Å². The second-order valence-electron chi connectivity index (χ2n) is 3.84. The van der Waals surface area contributed by atoms with E-state index in [0.29, 0.717) is 0 Å². The van der Waals surface area contributed by atoms with Crippen molar-refractivity contribution in [2.45, 2.75) is 12.5 Å². The first-order valence-corrected chi connectivity index (χ1v) is 5.01. The Kier molecular flexibility index (Phi) is 2.04. The Morgan fingerprint density at radius 3 is 2.85 bits per heavy atom. The van der Waals surface area contributed by atoms with E-state index in [9.17, 15) is 0 Å². The Balaban J connectivity index is 2.16. The molecule has 0 amide bonds. The van der Waals surface area contributed by atoms with Crippen molar-refractivity contribution in [1.82, 2.24) is 4.98 Å². The monoisotopic (exact) mass is 241 g/mol. The Morgan fingerprint density at radius 1 is 1.62 bits per heavy atom. The Morgan fingerprint density at radius 2 is 2.31 bits per heavy atom. The smallest absolute Gasteiger partial charge is 0.0592 e. The average molecular weight is 242 g/mol. The van der Waals surface area contributed by atoms with Gasteiger partial charge in [0.1, 0.15) is 0 Å². The van der Waals surface area contributed by atoms with Crippen molar-refractivity contribution in [3.05, 3.63) is 22.9 Å². The SMILES string of the molecule is CC1(N)CN(c2ccncc2Br)C1. The fraction of sp³-hybridized carbons (Fsp3) is 0.444. The lowest BCUT2D eigenvalue weighted by Crippen LogP contribution is -2.65. The van der Waals surface area contributed by atoms with Crippen molar-refractivity contribution in [1.29, 1.82) is 0 Å². The maximum atomic E-state index is 5.93. The maximum absolute atomic E-state index is 5.93. The Hall–Kier alpha value is -0.610. The first-order chi connectivity index (χ1) is 6.08. The number of hydrogen-bond donors (Lipinski definition) is 1. The van der Waals surface area contributed by atoms with Crippen LogP contribution in [0.3, 0.4) is 0 Å². The molecule has 0 unspecified atom stereocenters. The van der Waals surface area contributed by atoms with Gasteiger partial charge in [-0.05, 0) is 28.9 Å². The lowest BCUT2D eigenvalue weighted by Gasteiger charge is -2.47. The summed E-state index contributed by atoms with van der Waals surface area (Å²) in [4.78, 5) is 6.26. The summed E-state index contributed by atoms with van der Waals surface area (Å²) in [6.45, 7) is 3.89. The molecule has 1 fully saturated rings. The molecule has 0 saturated carbocycles. The van der Waals surface area contributed by atoms with Gasteiger partial charge in [-0.1, -0.05) is 0 Å². The van der Waals surface area contributed by atoms with Crippen molar-refractivity contribution >= 4 is 21.6 Å². The molecule has 4 heteroatoms. The summed E-state index contributed by atoms with van der Waals surface area (Å²) in [6.07, 6.45) is 3.60. The summed E-state index contributed by atoms with van der Waals surface area (Å²) >= 11 is 3.46. The van der Waals surface area contributed by atoms with E-state index in [1.54, 1.807) is 6.20 Å². The Bertz CT molecular complexity index is 316. The van der Waals surface area contributed by atoms with Crippen LogP contribution in [0.15, 0.2) is 22.9 Å². The molecular weight excluding hydrogens is 230 g/mol. The van der Waals surface area contributed by atoms with Crippen LogP contribution in [0.5, 0.6) is 0 Å². The number of nitrogens with zero attached hydrogens (tertiary/aromatic N) is 2. The number of aromatic nitrogens is 1. The molecule has 0 radical (unpaired) electrons. The van der Waals surface area contributed by atoms with E-state index in [1.165, 1.54) is 5.69 Å². The highest BCUT2D eigenvalue weighted by Gasteiger charge is 2.35. The lowest BCUT2D eigenvalue weighted by molar-refractivity contribution is 0.365. The van der Waals surface area contributed by atoms with E-state index in [-0.39, 0.29) is 5.54 Å². The minimum atomic E-state index is -0.0251. The largest absolute Gasteiger partial charge is 0.367 e. The molecule has 0 aliphatic carbocycles. The van der Waals surface area contributed by atoms with Crippen LogP contribution in [0.4, 0.5) is 5.69 Å². The summed E-state index contributed by atoms with van der Waals surface area (Å²) in [6, 6.07) is 2.00. The van der Waals surface area contributed by atoms with Crippen molar-refractivity contribution in [3.8, 4) is 0 Å². The molecule has 0 aromatic carbocycles. The normalized spacial score (nSPS) is 19.8. The van der Waals surface area contributed by atoms with Crippen LogP contribution in [-0.4, -0.2) is 23.6 Å². The third-order valence-corrected chi connectivity index (χ3v) is 2.81. The molecule has 1 aliphatic rings. The maximum Gasteiger partial charge on any atom is 0.0592 e. The number of hydrogen-bond acceptors (Lipinski definition) is 3. The summed E-state index contributed by atoms with van der Waals surface area (Å²) in [7, 11) is 0. The van der Waals surface area contributed by atoms with Gasteiger partial charge in [-0.3, -0.25) is 4.98 Å². The molecule has 0 atom stereocenters. The number of rotatable bonds is 1. The molecule has 1 aromatic heterocycles. The van der Waals surface area contributed by atoms with Gasteiger partial charge >= 0.3 is 0 Å². The van der Waals surface area contributed by atoms with Crippen LogP contribution < -0.4 is 10.6 Å². The molecule has 2 rings (SSSR count). The number of halogens is 1. The van der Waals surface area contributed by atoms with Gasteiger partial charge in [0.15, 0.2) is 0 Å². The van der Waals surface area contributed by atoms with Crippen LogP contribution in [0.25, 0.3) is 0 Å². The molecule has 0 spiro atoms. The van der Waals surface area contributed by atoms with Gasteiger partial charge < -0.3 is 10.6 Å². The zero-order chi connectivity index (χ0) is 9.47. The lowest BCUT2D eigenvalue weighted by atomic mass is 9.93. The van der Waals surface area contributed by atoms with Crippen LogP contribution in [-0.2, 0) is 0 Å². The second kappa shape index (κ2) is 2.96. The van der Waals surface area contributed by atoms with Crippen LogP contribution in [0, 0.1) is 0 Å². The van der Waals surface area contributed by atoms with Crippen LogP contribution in [0.1, 0.15) is 6.92 Å². The minimum Gasteiger partial charge on any atom is -0.367 e. The van der Waals surface area contributed by atoms with Crippen LogP contribution >= 0.6 is 15.9 Å². The molecule has 70 valence electrons. The standard InChI is InChI=1S/C9H12BrN3/c1-9(11)5-13(6-9)8-2-3-12-4-7(8)10/h2-4H,5-6,11H2,1H3. The van der Waals surface area contributed by atoms with E-state index in [2.05, 4.69) is 32.7 Å². The fourth-order valence-corrected chi connectivity index (χ4v) is 2.12. The zero-order valence-corrected chi connectivity index (χ0v) is 9.08. The summed E-state index contributed by atoms with van der Waals surface area (Å²) in [5.74, 6) is 0. The Labute approximate surface area is 86.1 Å². The average Bonchev–Trinajstić information content (AvgIpc) is 2.01. The predicted octanol–water partition coefficient (Wildman–Crippen LogP) is 1.38. The highest BCUT2D eigenvalue weighted by Crippen LogP contribution is 2.31. The van der Waals surface area contributed by atoms with E-state index in [0.717, 1.165) is 17.6 Å². The highest BCUT2D eigenvalue weighted by molar-refractivity contribution is 9.10. The van der Waals surface area contributed by atoms with Gasteiger partial charge in [-0.15, -0.1) is 0 Å². The van der Waals surface area contributed by atoms with Crippen molar-refractivity contribution in [2.75, 3.05) is 18.0 Å². The molecular formula is C9H12BrN3. The van der Waals surface area contributed by atoms with Gasteiger partial charge in [0, 0.05) is 31.0 Å². The third kappa shape index (κ3) is 1.69. The quantitative estimate of drug-likeness (QED) is 0.808. The molecule has 1 aromatic rings. The third-order valence-electron chi connectivity index (χ3n) is 2.20. The van der Waals surface area contributed by atoms with Gasteiger partial charge in [0.25, 0.3) is 0 Å². The van der Waals surface area contributed by atoms with Crippen molar-refractivity contribution in [2.24, 2.45) is 5.73 Å². The summed E-state index contributed by atoms with van der Waals surface area (Å²) in [5.41, 5.74) is 7.08. The summed E-state index contributed by atoms with van der Waals surface area (Å²) < 4.78 is 1.03. The van der Waals surface area contributed by atoms with E-state index >= 15 is 0 Å². The molecule has 3 nitrogen and oxygen atoms in total. The minimum absolute atomic E-state index is 0.0251. The van der Waals surface area contributed by atoms with Crippen molar-refractivity contribution in [3.63, 3.8) is 0 Å². The van der Waals surface area contributed by atoms with Gasteiger partial charge in [0.05, 0.1) is 10.2 Å². The first-order valence-electron chi connectivity index (χ1n) is 4.22. The molecule has 1 aliphatic heterocycles. The molecule has 2 N–H and O–H groups in total. The van der Waals surface area contributed by atoms with Crippen molar-refractivity contribution < 1.29 is 0 Å². The number of nitrogens with two attached hydrogens (primary N) is 1. The number of pyridine rings is 1. The molecule has 0 bridgehead atoms. The first kappa shape index (κ1) is 8.97. The zero-order valence-electron chi connectivity index (χ0n) is 7.50. The van der Waals surface area contributed by atoms with Gasteiger partial charge in [-0.25, -0.2) is 0 Å². The molecule has 2 heterocycles. The molecule has 1 saturated heterocycles. The topological polar surface area (TPSA) is 42.1 Å². The predicted molar refractivity (Wildman–Crippen MR) is 56.7 cm³/mol. The number of anilines is 1. The van der Waals surface area contributed by atoms with E-state index in [4.69, 9.17) is 5.73 Å². The fourth-order valence-electron chi connectivity index (χ4n) is 1.62. The highest BCUT2D eigenvalue weighted by atomic mass is 79.9. The van der Waals surface area contributed by atoms with E-state index < -0.39 is 0 Å². The van der Waals surface area contributed by atoms with Crippen LogP contribution in [0.2, 0.25) is 0 Å². The van der Waals surface area contributed by atoms with Gasteiger partial charge in [0.2, 0.25) is 0 Å².